The van der Waals surface area contributed by atoms with Crippen molar-refractivity contribution >= 4 is 5.69 Å². The smallest absolute Gasteiger partial charge is 0.124 e. The Labute approximate surface area is 93.2 Å². The van der Waals surface area contributed by atoms with E-state index in [1.165, 1.54) is 0 Å². The van der Waals surface area contributed by atoms with Gasteiger partial charge in [0.2, 0.25) is 0 Å². The maximum atomic E-state index is 9.56. The van der Waals surface area contributed by atoms with Gasteiger partial charge >= 0.3 is 0 Å². The molecule has 0 radical (unpaired) electrons. The predicted octanol–water partition coefficient (Wildman–Crippen LogP) is 2.10. The second-order valence-electron chi connectivity index (χ2n) is 3.36. The van der Waals surface area contributed by atoms with Gasteiger partial charge in [-0.3, -0.25) is 4.98 Å². The van der Waals surface area contributed by atoms with Gasteiger partial charge in [0.15, 0.2) is 0 Å². The monoisotopic (exact) mass is 216 g/mol. The van der Waals surface area contributed by atoms with Gasteiger partial charge in [-0.05, 0) is 24.3 Å². The fraction of sp³-hybridized carbons (Fsp3) is 0.0833. The molecular formula is C12H12N2O2. The Hall–Kier alpha value is -2.23. The Balaban J connectivity index is 2.11. The first-order chi connectivity index (χ1) is 7.77. The molecule has 0 aliphatic carbocycles. The Kier molecular flexibility index (Phi) is 2.91. The van der Waals surface area contributed by atoms with Crippen LogP contribution in [0.1, 0.15) is 5.56 Å². The molecule has 0 saturated carbocycles. The van der Waals surface area contributed by atoms with Crippen molar-refractivity contribution in [1.29, 1.82) is 0 Å². The van der Waals surface area contributed by atoms with Gasteiger partial charge in [-0.25, -0.2) is 0 Å². The molecule has 1 heterocycles. The number of anilines is 1. The quantitative estimate of drug-likeness (QED) is 0.735. The van der Waals surface area contributed by atoms with Gasteiger partial charge in [0.05, 0.1) is 5.56 Å². The average molecular weight is 216 g/mol. The van der Waals surface area contributed by atoms with E-state index in [9.17, 15) is 10.2 Å². The van der Waals surface area contributed by atoms with Gasteiger partial charge in [-0.2, -0.15) is 0 Å². The van der Waals surface area contributed by atoms with Crippen molar-refractivity contribution in [1.82, 2.24) is 4.98 Å². The van der Waals surface area contributed by atoms with Crippen LogP contribution in [0, 0.1) is 0 Å². The van der Waals surface area contributed by atoms with Crippen LogP contribution in [0.25, 0.3) is 0 Å². The number of hydrogen-bond donors (Lipinski definition) is 3. The summed E-state index contributed by atoms with van der Waals surface area (Å²) in [5.41, 5.74) is 1.37. The number of aromatic nitrogens is 1. The molecule has 4 heteroatoms. The number of aromatic hydroxyl groups is 2. The molecule has 4 nitrogen and oxygen atoms in total. The minimum absolute atomic E-state index is 0.0848. The van der Waals surface area contributed by atoms with Gasteiger partial charge < -0.3 is 15.5 Å². The summed E-state index contributed by atoms with van der Waals surface area (Å²) >= 11 is 0. The third-order valence-electron chi connectivity index (χ3n) is 2.28. The maximum absolute atomic E-state index is 9.56. The molecular weight excluding hydrogens is 204 g/mol. The van der Waals surface area contributed by atoms with Gasteiger partial charge in [0.25, 0.3) is 0 Å². The number of benzene rings is 1. The zero-order chi connectivity index (χ0) is 11.4. The Morgan fingerprint density at radius 3 is 2.25 bits per heavy atom. The van der Waals surface area contributed by atoms with E-state index in [4.69, 9.17) is 0 Å². The molecule has 2 rings (SSSR count). The lowest BCUT2D eigenvalue weighted by atomic mass is 10.1. The topological polar surface area (TPSA) is 65.4 Å². The number of phenols is 2. The molecule has 82 valence electrons. The zero-order valence-corrected chi connectivity index (χ0v) is 8.59. The Bertz CT molecular complexity index is 451. The van der Waals surface area contributed by atoms with E-state index in [-0.39, 0.29) is 11.5 Å². The maximum Gasteiger partial charge on any atom is 0.124 e. The van der Waals surface area contributed by atoms with Crippen LogP contribution < -0.4 is 5.32 Å². The normalized spacial score (nSPS) is 10.0. The van der Waals surface area contributed by atoms with Crippen LogP contribution in [0.2, 0.25) is 0 Å². The molecule has 0 bridgehead atoms. The van der Waals surface area contributed by atoms with E-state index in [1.54, 1.807) is 30.6 Å². The molecule has 0 fully saturated rings. The summed E-state index contributed by atoms with van der Waals surface area (Å²) < 4.78 is 0. The summed E-state index contributed by atoms with van der Waals surface area (Å²) in [6, 6.07) is 8.32. The third-order valence-corrected chi connectivity index (χ3v) is 2.28. The molecule has 0 spiro atoms. The van der Waals surface area contributed by atoms with Crippen molar-refractivity contribution in [2.24, 2.45) is 0 Å². The average Bonchev–Trinajstić information content (AvgIpc) is 2.30. The molecule has 1 aromatic heterocycles. The standard InChI is InChI=1S/C12H12N2O2/c15-11-2-1-3-12(16)10(11)8-14-9-4-6-13-7-5-9/h1-7,15-16H,8H2,(H,13,14). The molecule has 0 aliphatic heterocycles. The number of phenolic OH excluding ortho intramolecular Hbond substituents is 2. The lowest BCUT2D eigenvalue weighted by Crippen LogP contribution is -1.99. The molecule has 3 N–H and O–H groups in total. The third kappa shape index (κ3) is 2.23. The Morgan fingerprint density at radius 2 is 1.62 bits per heavy atom. The van der Waals surface area contributed by atoms with Crippen LogP contribution in [-0.2, 0) is 6.54 Å². The molecule has 0 atom stereocenters. The van der Waals surface area contributed by atoms with E-state index in [1.807, 2.05) is 12.1 Å². The van der Waals surface area contributed by atoms with Crippen molar-refractivity contribution < 1.29 is 10.2 Å². The van der Waals surface area contributed by atoms with Crippen molar-refractivity contribution in [2.45, 2.75) is 6.54 Å². The molecule has 16 heavy (non-hydrogen) atoms. The van der Waals surface area contributed by atoms with Crippen molar-refractivity contribution in [3.05, 3.63) is 48.3 Å². The fourth-order valence-electron chi connectivity index (χ4n) is 1.40. The molecule has 1 aromatic carbocycles. The van der Waals surface area contributed by atoms with E-state index >= 15 is 0 Å². The predicted molar refractivity (Wildman–Crippen MR) is 61.3 cm³/mol. The zero-order valence-electron chi connectivity index (χ0n) is 8.59. The summed E-state index contributed by atoms with van der Waals surface area (Å²) in [5, 5.41) is 22.2. The van der Waals surface area contributed by atoms with Crippen LogP contribution in [0.15, 0.2) is 42.7 Å². The lowest BCUT2D eigenvalue weighted by Gasteiger charge is -2.09. The molecule has 2 aromatic rings. The summed E-state index contributed by atoms with van der Waals surface area (Å²) in [4.78, 5) is 3.90. The summed E-state index contributed by atoms with van der Waals surface area (Å²) in [7, 11) is 0. The summed E-state index contributed by atoms with van der Waals surface area (Å²) in [6.07, 6.45) is 3.35. The highest BCUT2D eigenvalue weighted by Gasteiger charge is 2.05. The van der Waals surface area contributed by atoms with Gasteiger partial charge in [0, 0.05) is 24.6 Å². The number of hydrogen-bond acceptors (Lipinski definition) is 4. The van der Waals surface area contributed by atoms with Gasteiger partial charge in [-0.15, -0.1) is 0 Å². The lowest BCUT2D eigenvalue weighted by molar-refractivity contribution is 0.440. The van der Waals surface area contributed by atoms with Crippen LogP contribution in [0.4, 0.5) is 5.69 Å². The van der Waals surface area contributed by atoms with Crippen LogP contribution in [0.3, 0.4) is 0 Å². The molecule has 0 unspecified atom stereocenters. The highest BCUT2D eigenvalue weighted by atomic mass is 16.3. The minimum Gasteiger partial charge on any atom is -0.507 e. The van der Waals surface area contributed by atoms with Crippen LogP contribution in [0.5, 0.6) is 11.5 Å². The van der Waals surface area contributed by atoms with Crippen LogP contribution >= 0.6 is 0 Å². The molecule has 0 saturated heterocycles. The summed E-state index contributed by atoms with van der Waals surface area (Å²) in [6.45, 7) is 0.364. The largest absolute Gasteiger partial charge is 0.507 e. The van der Waals surface area contributed by atoms with Crippen molar-refractivity contribution in [3.63, 3.8) is 0 Å². The SMILES string of the molecule is Oc1cccc(O)c1CNc1ccncc1. The fourth-order valence-corrected chi connectivity index (χ4v) is 1.40. The first-order valence-electron chi connectivity index (χ1n) is 4.91. The highest BCUT2D eigenvalue weighted by molar-refractivity contribution is 5.47. The summed E-state index contributed by atoms with van der Waals surface area (Å²) in [5.74, 6) is 0.170. The van der Waals surface area contributed by atoms with Gasteiger partial charge in [0.1, 0.15) is 11.5 Å². The van der Waals surface area contributed by atoms with Crippen molar-refractivity contribution in [3.8, 4) is 11.5 Å². The molecule has 0 aliphatic rings. The molecule has 0 amide bonds. The number of nitrogens with zero attached hydrogens (tertiary/aromatic N) is 1. The van der Waals surface area contributed by atoms with E-state index < -0.39 is 0 Å². The van der Waals surface area contributed by atoms with E-state index in [0.717, 1.165) is 5.69 Å². The van der Waals surface area contributed by atoms with Gasteiger partial charge in [-0.1, -0.05) is 6.07 Å². The minimum atomic E-state index is 0.0848. The highest BCUT2D eigenvalue weighted by Crippen LogP contribution is 2.26. The van der Waals surface area contributed by atoms with Crippen LogP contribution in [-0.4, -0.2) is 15.2 Å². The van der Waals surface area contributed by atoms with E-state index in [0.29, 0.717) is 12.1 Å². The second-order valence-corrected chi connectivity index (χ2v) is 3.36. The first kappa shape index (κ1) is 10.3. The van der Waals surface area contributed by atoms with E-state index in [2.05, 4.69) is 10.3 Å². The number of pyridine rings is 1. The second kappa shape index (κ2) is 4.53. The Morgan fingerprint density at radius 1 is 1.00 bits per heavy atom. The number of rotatable bonds is 3. The number of nitrogens with one attached hydrogen (secondary N) is 1. The first-order valence-corrected chi connectivity index (χ1v) is 4.91. The van der Waals surface area contributed by atoms with Crippen molar-refractivity contribution in [2.75, 3.05) is 5.32 Å².